The summed E-state index contributed by atoms with van der Waals surface area (Å²) in [6, 6.07) is 7.56. The Labute approximate surface area is 121 Å². The van der Waals surface area contributed by atoms with Crippen molar-refractivity contribution < 1.29 is 4.79 Å². The number of aryl methyl sites for hydroxylation is 1. The number of carbonyl (C=O) groups is 1. The van der Waals surface area contributed by atoms with Gasteiger partial charge >= 0.3 is 0 Å². The molecule has 20 heavy (non-hydrogen) atoms. The maximum atomic E-state index is 12.3. The number of hydrogen-bond acceptors (Lipinski definition) is 2. The van der Waals surface area contributed by atoms with Crippen molar-refractivity contribution in [3.63, 3.8) is 0 Å². The summed E-state index contributed by atoms with van der Waals surface area (Å²) < 4.78 is 0. The van der Waals surface area contributed by atoms with E-state index in [4.69, 9.17) is 5.73 Å². The highest BCUT2D eigenvalue weighted by Crippen LogP contribution is 2.29. The normalized spacial score (nSPS) is 27.9. The van der Waals surface area contributed by atoms with Gasteiger partial charge in [0.2, 0.25) is 5.91 Å². The van der Waals surface area contributed by atoms with E-state index in [0.717, 1.165) is 12.0 Å². The molecule has 1 fully saturated rings. The first-order chi connectivity index (χ1) is 9.49. The van der Waals surface area contributed by atoms with E-state index in [9.17, 15) is 4.79 Å². The van der Waals surface area contributed by atoms with E-state index in [1.165, 1.54) is 18.4 Å². The number of rotatable bonds is 3. The molecule has 4 unspecified atom stereocenters. The standard InChI is InChI=1S/C17H26N2O/c1-11-7-9-14(10-8-11)16(18)17(20)19-15-6-4-5-12(2)13(15)3/h7-10,12-13,15-16H,4-6,18H2,1-3H3,(H,19,20). The minimum Gasteiger partial charge on any atom is -0.351 e. The number of amides is 1. The Morgan fingerprint density at radius 3 is 2.55 bits per heavy atom. The van der Waals surface area contributed by atoms with Crippen LogP contribution >= 0.6 is 0 Å². The number of nitrogens with one attached hydrogen (secondary N) is 1. The summed E-state index contributed by atoms with van der Waals surface area (Å²) in [5.41, 5.74) is 8.13. The first-order valence-electron chi connectivity index (χ1n) is 7.61. The van der Waals surface area contributed by atoms with Crippen molar-refractivity contribution in [1.82, 2.24) is 5.32 Å². The Morgan fingerprint density at radius 2 is 1.90 bits per heavy atom. The lowest BCUT2D eigenvalue weighted by atomic mass is 9.78. The molecule has 0 aromatic heterocycles. The Balaban J connectivity index is 1.98. The predicted molar refractivity (Wildman–Crippen MR) is 82.2 cm³/mol. The van der Waals surface area contributed by atoms with Crippen molar-refractivity contribution in [3.8, 4) is 0 Å². The van der Waals surface area contributed by atoms with E-state index >= 15 is 0 Å². The molecule has 1 aliphatic rings. The van der Waals surface area contributed by atoms with Crippen LogP contribution in [0, 0.1) is 18.8 Å². The second-order valence-electron chi connectivity index (χ2n) is 6.27. The van der Waals surface area contributed by atoms with Crippen molar-refractivity contribution in [3.05, 3.63) is 35.4 Å². The molecule has 0 heterocycles. The largest absolute Gasteiger partial charge is 0.351 e. The quantitative estimate of drug-likeness (QED) is 0.890. The van der Waals surface area contributed by atoms with Gasteiger partial charge in [0.15, 0.2) is 0 Å². The van der Waals surface area contributed by atoms with Gasteiger partial charge in [-0.15, -0.1) is 0 Å². The minimum absolute atomic E-state index is 0.0557. The fourth-order valence-corrected chi connectivity index (χ4v) is 2.98. The van der Waals surface area contributed by atoms with Crippen molar-refractivity contribution in [2.24, 2.45) is 17.6 Å². The van der Waals surface area contributed by atoms with Crippen LogP contribution in [0.2, 0.25) is 0 Å². The molecular weight excluding hydrogens is 248 g/mol. The van der Waals surface area contributed by atoms with Crippen LogP contribution in [0.25, 0.3) is 0 Å². The molecule has 3 heteroatoms. The molecule has 1 aliphatic carbocycles. The van der Waals surface area contributed by atoms with Crippen LogP contribution in [-0.2, 0) is 4.79 Å². The summed E-state index contributed by atoms with van der Waals surface area (Å²) in [6.45, 7) is 6.52. The molecule has 1 aromatic rings. The van der Waals surface area contributed by atoms with Gasteiger partial charge in [-0.25, -0.2) is 0 Å². The summed E-state index contributed by atoms with van der Waals surface area (Å²) in [6.07, 6.45) is 3.52. The summed E-state index contributed by atoms with van der Waals surface area (Å²) >= 11 is 0. The molecule has 0 spiro atoms. The van der Waals surface area contributed by atoms with Crippen LogP contribution in [0.15, 0.2) is 24.3 Å². The zero-order chi connectivity index (χ0) is 14.7. The van der Waals surface area contributed by atoms with Crippen LogP contribution < -0.4 is 11.1 Å². The van der Waals surface area contributed by atoms with Crippen molar-refractivity contribution in [1.29, 1.82) is 0 Å². The highest BCUT2D eigenvalue weighted by Gasteiger charge is 2.29. The molecule has 1 amide bonds. The van der Waals surface area contributed by atoms with Gasteiger partial charge in [0.25, 0.3) is 0 Å². The topological polar surface area (TPSA) is 55.1 Å². The monoisotopic (exact) mass is 274 g/mol. The highest BCUT2D eigenvalue weighted by molar-refractivity contribution is 5.83. The summed E-state index contributed by atoms with van der Waals surface area (Å²) in [7, 11) is 0. The Hall–Kier alpha value is -1.35. The third-order valence-electron chi connectivity index (χ3n) is 4.75. The molecule has 110 valence electrons. The average molecular weight is 274 g/mol. The van der Waals surface area contributed by atoms with Gasteiger partial charge in [-0.05, 0) is 30.7 Å². The van der Waals surface area contributed by atoms with Crippen LogP contribution in [0.5, 0.6) is 0 Å². The number of nitrogens with two attached hydrogens (primary N) is 1. The molecule has 4 atom stereocenters. The molecule has 2 rings (SSSR count). The SMILES string of the molecule is Cc1ccc(C(N)C(=O)NC2CCCC(C)C2C)cc1. The van der Waals surface area contributed by atoms with E-state index in [-0.39, 0.29) is 11.9 Å². The van der Waals surface area contributed by atoms with E-state index in [0.29, 0.717) is 11.8 Å². The molecular formula is C17H26N2O. The van der Waals surface area contributed by atoms with Gasteiger partial charge in [-0.1, -0.05) is 56.5 Å². The lowest BCUT2D eigenvalue weighted by Gasteiger charge is -2.35. The Bertz CT molecular complexity index is 455. The molecule has 3 N–H and O–H groups in total. The fraction of sp³-hybridized carbons (Fsp3) is 0.588. The summed E-state index contributed by atoms with van der Waals surface area (Å²) in [5.74, 6) is 1.14. The number of benzene rings is 1. The van der Waals surface area contributed by atoms with Gasteiger partial charge in [-0.2, -0.15) is 0 Å². The lowest BCUT2D eigenvalue weighted by molar-refractivity contribution is -0.123. The van der Waals surface area contributed by atoms with Gasteiger partial charge in [-0.3, -0.25) is 4.79 Å². The summed E-state index contributed by atoms with van der Waals surface area (Å²) in [4.78, 5) is 12.3. The van der Waals surface area contributed by atoms with E-state index in [1.54, 1.807) is 0 Å². The van der Waals surface area contributed by atoms with Gasteiger partial charge in [0.05, 0.1) is 0 Å². The molecule has 0 radical (unpaired) electrons. The second kappa shape index (κ2) is 6.40. The zero-order valence-corrected chi connectivity index (χ0v) is 12.7. The third-order valence-corrected chi connectivity index (χ3v) is 4.75. The van der Waals surface area contributed by atoms with E-state index in [2.05, 4.69) is 19.2 Å². The predicted octanol–water partition coefficient (Wildman–Crippen LogP) is 2.94. The average Bonchev–Trinajstić information content (AvgIpc) is 2.44. The molecule has 0 bridgehead atoms. The number of carbonyl (C=O) groups excluding carboxylic acids is 1. The zero-order valence-electron chi connectivity index (χ0n) is 12.7. The maximum Gasteiger partial charge on any atom is 0.241 e. The molecule has 1 aromatic carbocycles. The van der Waals surface area contributed by atoms with E-state index in [1.807, 2.05) is 31.2 Å². The first kappa shape index (κ1) is 15.0. The third kappa shape index (κ3) is 3.40. The Kier molecular flexibility index (Phi) is 4.81. The van der Waals surface area contributed by atoms with Gasteiger partial charge in [0, 0.05) is 6.04 Å². The second-order valence-corrected chi connectivity index (χ2v) is 6.27. The summed E-state index contributed by atoms with van der Waals surface area (Å²) in [5, 5.41) is 3.15. The smallest absolute Gasteiger partial charge is 0.241 e. The maximum absolute atomic E-state index is 12.3. The van der Waals surface area contributed by atoms with Crippen LogP contribution in [0.1, 0.15) is 50.3 Å². The van der Waals surface area contributed by atoms with Crippen LogP contribution in [-0.4, -0.2) is 11.9 Å². The van der Waals surface area contributed by atoms with Gasteiger partial charge in [0.1, 0.15) is 6.04 Å². The highest BCUT2D eigenvalue weighted by atomic mass is 16.2. The van der Waals surface area contributed by atoms with Gasteiger partial charge < -0.3 is 11.1 Å². The molecule has 0 saturated heterocycles. The number of hydrogen-bond donors (Lipinski definition) is 2. The Morgan fingerprint density at radius 1 is 1.25 bits per heavy atom. The first-order valence-corrected chi connectivity index (χ1v) is 7.61. The minimum atomic E-state index is -0.569. The van der Waals surface area contributed by atoms with Crippen molar-refractivity contribution in [2.75, 3.05) is 0 Å². The molecule has 0 aliphatic heterocycles. The molecule has 1 saturated carbocycles. The lowest BCUT2D eigenvalue weighted by Crippen LogP contribution is -2.46. The van der Waals surface area contributed by atoms with Crippen LogP contribution in [0.3, 0.4) is 0 Å². The fourth-order valence-electron chi connectivity index (χ4n) is 2.98. The molecule has 3 nitrogen and oxygen atoms in total. The van der Waals surface area contributed by atoms with Crippen molar-refractivity contribution in [2.45, 2.75) is 52.1 Å². The van der Waals surface area contributed by atoms with Crippen LogP contribution in [0.4, 0.5) is 0 Å². The van der Waals surface area contributed by atoms with Crippen molar-refractivity contribution >= 4 is 5.91 Å². The van der Waals surface area contributed by atoms with E-state index < -0.39 is 6.04 Å².